The molecule has 1 saturated heterocycles. The molecule has 0 N–H and O–H groups in total. The molecule has 7 heteroatoms. The van der Waals surface area contributed by atoms with Crippen LogP contribution in [0.4, 0.5) is 5.69 Å². The van der Waals surface area contributed by atoms with E-state index in [9.17, 15) is 8.42 Å². The summed E-state index contributed by atoms with van der Waals surface area (Å²) in [5.74, 6) is 1.04. The molecule has 5 nitrogen and oxygen atoms in total. The normalized spacial score (nSPS) is 18.5. The molecular formula is C19H22N2O3S2. The Morgan fingerprint density at radius 3 is 2.65 bits per heavy atom. The maximum atomic E-state index is 12.9. The lowest BCUT2D eigenvalue weighted by Crippen LogP contribution is -2.40. The first-order valence-electron chi connectivity index (χ1n) is 8.78. The predicted molar refractivity (Wildman–Crippen MR) is 104 cm³/mol. The van der Waals surface area contributed by atoms with Gasteiger partial charge in [0.1, 0.15) is 0 Å². The summed E-state index contributed by atoms with van der Waals surface area (Å²) < 4.78 is 32.6. The van der Waals surface area contributed by atoms with Crippen LogP contribution >= 0.6 is 11.8 Å². The monoisotopic (exact) mass is 390 g/mol. The number of ether oxygens (including phenoxy) is 1. The highest BCUT2D eigenvalue weighted by Crippen LogP contribution is 2.35. The van der Waals surface area contributed by atoms with Gasteiger partial charge in [0.05, 0.1) is 23.8 Å². The van der Waals surface area contributed by atoms with Crippen LogP contribution in [-0.4, -0.2) is 51.3 Å². The van der Waals surface area contributed by atoms with E-state index in [2.05, 4.69) is 29.2 Å². The molecule has 2 aromatic carbocycles. The summed E-state index contributed by atoms with van der Waals surface area (Å²) in [6, 6.07) is 15.7. The lowest BCUT2D eigenvalue weighted by atomic mass is 10.2. The van der Waals surface area contributed by atoms with E-state index < -0.39 is 10.0 Å². The number of fused-ring (bicyclic) bond motifs is 1. The fraction of sp³-hybridized carbons (Fsp3) is 0.368. The molecule has 2 aliphatic heterocycles. The van der Waals surface area contributed by atoms with Gasteiger partial charge in [-0.2, -0.15) is 4.31 Å². The Morgan fingerprint density at radius 2 is 1.81 bits per heavy atom. The van der Waals surface area contributed by atoms with Crippen LogP contribution in [0.1, 0.15) is 5.56 Å². The summed E-state index contributed by atoms with van der Waals surface area (Å²) in [5, 5.41) is 0. The van der Waals surface area contributed by atoms with Crippen molar-refractivity contribution in [2.75, 3.05) is 43.5 Å². The first-order valence-corrected chi connectivity index (χ1v) is 11.2. The summed E-state index contributed by atoms with van der Waals surface area (Å²) in [6.45, 7) is 3.43. The van der Waals surface area contributed by atoms with E-state index in [0.717, 1.165) is 17.9 Å². The van der Waals surface area contributed by atoms with Gasteiger partial charge in [0.2, 0.25) is 10.0 Å². The van der Waals surface area contributed by atoms with Crippen molar-refractivity contribution in [2.24, 2.45) is 0 Å². The van der Waals surface area contributed by atoms with E-state index in [0.29, 0.717) is 37.7 Å². The highest BCUT2D eigenvalue weighted by Gasteiger charge is 2.26. The van der Waals surface area contributed by atoms with Crippen LogP contribution in [0.5, 0.6) is 0 Å². The molecule has 0 unspecified atom stereocenters. The number of rotatable bonds is 4. The number of hydrogen-bond acceptors (Lipinski definition) is 5. The molecular weight excluding hydrogens is 368 g/mol. The van der Waals surface area contributed by atoms with E-state index in [-0.39, 0.29) is 0 Å². The topological polar surface area (TPSA) is 49.9 Å². The van der Waals surface area contributed by atoms with Crippen molar-refractivity contribution < 1.29 is 13.2 Å². The molecule has 138 valence electrons. The molecule has 2 aromatic rings. The Hall–Kier alpha value is -1.54. The quantitative estimate of drug-likeness (QED) is 0.804. The van der Waals surface area contributed by atoms with Crippen molar-refractivity contribution in [3.05, 3.63) is 54.1 Å². The molecule has 0 atom stereocenters. The van der Waals surface area contributed by atoms with Crippen molar-refractivity contribution in [3.63, 3.8) is 0 Å². The van der Waals surface area contributed by atoms with Gasteiger partial charge in [0.25, 0.3) is 0 Å². The van der Waals surface area contributed by atoms with Gasteiger partial charge < -0.3 is 9.64 Å². The molecule has 0 aromatic heterocycles. The van der Waals surface area contributed by atoms with E-state index in [1.807, 2.05) is 30.0 Å². The summed E-state index contributed by atoms with van der Waals surface area (Å²) in [4.78, 5) is 3.99. The van der Waals surface area contributed by atoms with Gasteiger partial charge in [0.15, 0.2) is 0 Å². The predicted octanol–water partition coefficient (Wildman–Crippen LogP) is 2.82. The second-order valence-electron chi connectivity index (χ2n) is 6.40. The highest BCUT2D eigenvalue weighted by molar-refractivity contribution is 7.99. The van der Waals surface area contributed by atoms with Crippen LogP contribution in [0, 0.1) is 0 Å². The van der Waals surface area contributed by atoms with Crippen LogP contribution in [0.15, 0.2) is 58.3 Å². The molecule has 0 aliphatic carbocycles. The number of morpholine rings is 1. The zero-order chi connectivity index (χ0) is 18.0. The van der Waals surface area contributed by atoms with Crippen molar-refractivity contribution in [2.45, 2.75) is 16.3 Å². The number of thioether (sulfide) groups is 1. The lowest BCUT2D eigenvalue weighted by molar-refractivity contribution is 0.0730. The summed E-state index contributed by atoms with van der Waals surface area (Å²) in [7, 11) is -3.46. The summed E-state index contributed by atoms with van der Waals surface area (Å²) >= 11 is 1.87. The average Bonchev–Trinajstić information content (AvgIpc) is 2.69. The second-order valence-corrected chi connectivity index (χ2v) is 9.48. The van der Waals surface area contributed by atoms with Gasteiger partial charge in [-0.25, -0.2) is 8.42 Å². The number of sulfonamides is 1. The van der Waals surface area contributed by atoms with Crippen LogP contribution in [-0.2, 0) is 21.3 Å². The Labute approximate surface area is 159 Å². The molecule has 0 spiro atoms. The van der Waals surface area contributed by atoms with Gasteiger partial charge >= 0.3 is 0 Å². The molecule has 0 amide bonds. The molecule has 26 heavy (non-hydrogen) atoms. The van der Waals surface area contributed by atoms with Gasteiger partial charge in [-0.3, -0.25) is 0 Å². The zero-order valence-electron chi connectivity index (χ0n) is 14.5. The van der Waals surface area contributed by atoms with Crippen molar-refractivity contribution in [1.82, 2.24) is 4.31 Å². The summed E-state index contributed by atoms with van der Waals surface area (Å²) in [6.07, 6.45) is 0. The minimum Gasteiger partial charge on any atom is -0.379 e. The first kappa shape index (κ1) is 17.9. The number of para-hydroxylation sites is 1. The van der Waals surface area contributed by atoms with E-state index in [1.165, 1.54) is 14.9 Å². The Balaban J connectivity index is 1.57. The van der Waals surface area contributed by atoms with Gasteiger partial charge in [-0.05, 0) is 29.8 Å². The van der Waals surface area contributed by atoms with E-state index in [1.54, 1.807) is 6.07 Å². The van der Waals surface area contributed by atoms with Gasteiger partial charge in [-0.15, -0.1) is 11.8 Å². The second kappa shape index (κ2) is 7.60. The zero-order valence-corrected chi connectivity index (χ0v) is 16.1. The summed E-state index contributed by atoms with van der Waals surface area (Å²) in [5.41, 5.74) is 2.24. The SMILES string of the molecule is O=S(=O)(c1cccc(CN2CCSc3ccccc32)c1)N1CCOCC1. The maximum Gasteiger partial charge on any atom is 0.243 e. The molecule has 2 heterocycles. The van der Waals surface area contributed by atoms with Crippen molar-refractivity contribution in [1.29, 1.82) is 0 Å². The van der Waals surface area contributed by atoms with Crippen LogP contribution < -0.4 is 4.90 Å². The number of anilines is 1. The smallest absolute Gasteiger partial charge is 0.243 e. The third kappa shape index (κ3) is 3.62. The average molecular weight is 391 g/mol. The first-order chi connectivity index (χ1) is 12.6. The number of benzene rings is 2. The minimum absolute atomic E-state index is 0.372. The van der Waals surface area contributed by atoms with Crippen molar-refractivity contribution >= 4 is 27.5 Å². The standard InChI is InChI=1S/C19H22N2O3S2/c22-26(23,21-8-11-24-12-9-21)17-5-3-4-16(14-17)15-20-10-13-25-19-7-2-1-6-18(19)20/h1-7,14H,8-13,15H2. The van der Waals surface area contributed by atoms with Crippen molar-refractivity contribution in [3.8, 4) is 0 Å². The number of nitrogens with zero attached hydrogens (tertiary/aromatic N) is 2. The fourth-order valence-electron chi connectivity index (χ4n) is 3.35. The molecule has 0 saturated carbocycles. The molecule has 0 bridgehead atoms. The van der Waals surface area contributed by atoms with Crippen LogP contribution in [0.2, 0.25) is 0 Å². The van der Waals surface area contributed by atoms with Gasteiger partial charge in [0, 0.05) is 36.8 Å². The van der Waals surface area contributed by atoms with Crippen LogP contribution in [0.3, 0.4) is 0 Å². The minimum atomic E-state index is -3.46. The Morgan fingerprint density at radius 1 is 1.00 bits per heavy atom. The third-order valence-electron chi connectivity index (χ3n) is 4.70. The number of hydrogen-bond donors (Lipinski definition) is 0. The molecule has 1 fully saturated rings. The Kier molecular flexibility index (Phi) is 5.22. The van der Waals surface area contributed by atoms with Gasteiger partial charge in [-0.1, -0.05) is 24.3 Å². The molecule has 0 radical (unpaired) electrons. The highest BCUT2D eigenvalue weighted by atomic mass is 32.2. The molecule has 4 rings (SSSR count). The van der Waals surface area contributed by atoms with E-state index >= 15 is 0 Å². The van der Waals surface area contributed by atoms with E-state index in [4.69, 9.17) is 4.74 Å². The lowest BCUT2D eigenvalue weighted by Gasteiger charge is -2.31. The molecule has 2 aliphatic rings. The largest absolute Gasteiger partial charge is 0.379 e. The fourth-order valence-corrected chi connectivity index (χ4v) is 5.88. The third-order valence-corrected chi connectivity index (χ3v) is 7.64. The Bertz CT molecular complexity index is 880. The van der Waals surface area contributed by atoms with Crippen LogP contribution in [0.25, 0.3) is 0 Å². The maximum absolute atomic E-state index is 12.9.